The summed E-state index contributed by atoms with van der Waals surface area (Å²) in [6.07, 6.45) is 8.39. The zero-order chi connectivity index (χ0) is 12.0. The molecular formula is C15H25NO. The second-order valence-electron chi connectivity index (χ2n) is 6.61. The molecule has 1 saturated carbocycles. The van der Waals surface area contributed by atoms with Crippen molar-refractivity contribution < 1.29 is 4.79 Å². The van der Waals surface area contributed by atoms with E-state index in [4.69, 9.17) is 0 Å². The molecule has 0 aromatic carbocycles. The number of carbonyl (C=O) groups is 1. The summed E-state index contributed by atoms with van der Waals surface area (Å²) in [5, 5.41) is 0. The van der Waals surface area contributed by atoms with Crippen molar-refractivity contribution in [2.75, 3.05) is 0 Å². The first kappa shape index (κ1) is 11.7. The maximum atomic E-state index is 11.7. The molecule has 17 heavy (non-hydrogen) atoms. The third-order valence-electron chi connectivity index (χ3n) is 5.65. The standard InChI is InChI=1S/C15H25NO/c1-10-4-3-5-15(11(10)2)16-12-6-7-13(16)9-14(17)8-12/h10-13,15H,3-9H2,1-2H3. The van der Waals surface area contributed by atoms with Gasteiger partial charge in [0.15, 0.2) is 0 Å². The summed E-state index contributed by atoms with van der Waals surface area (Å²) in [6.45, 7) is 4.85. The van der Waals surface area contributed by atoms with Crippen LogP contribution >= 0.6 is 0 Å². The van der Waals surface area contributed by atoms with Crippen LogP contribution in [0.5, 0.6) is 0 Å². The van der Waals surface area contributed by atoms with Crippen molar-refractivity contribution in [1.82, 2.24) is 4.90 Å². The van der Waals surface area contributed by atoms with Crippen LogP contribution in [0.25, 0.3) is 0 Å². The average Bonchev–Trinajstić information content (AvgIpc) is 2.55. The number of ketones is 1. The fourth-order valence-electron chi connectivity index (χ4n) is 4.52. The normalized spacial score (nSPS) is 47.4. The predicted octanol–water partition coefficient (Wildman–Crippen LogP) is 3.01. The Morgan fingerprint density at radius 3 is 2.29 bits per heavy atom. The van der Waals surface area contributed by atoms with Gasteiger partial charge in [0.05, 0.1) is 0 Å². The van der Waals surface area contributed by atoms with E-state index in [1.54, 1.807) is 0 Å². The SMILES string of the molecule is CC1CCCC(N2C3CCC2CC(=O)C3)C1C. The molecular weight excluding hydrogens is 210 g/mol. The molecule has 2 bridgehead atoms. The lowest BCUT2D eigenvalue weighted by atomic mass is 9.76. The molecule has 3 rings (SSSR count). The second kappa shape index (κ2) is 4.38. The molecule has 5 atom stereocenters. The number of carbonyl (C=O) groups excluding carboxylic acids is 1. The Kier molecular flexibility index (Phi) is 3.02. The molecule has 3 aliphatic rings. The number of hydrogen-bond donors (Lipinski definition) is 0. The first-order valence-electron chi connectivity index (χ1n) is 7.46. The first-order chi connectivity index (χ1) is 8.16. The quantitative estimate of drug-likeness (QED) is 0.696. The third kappa shape index (κ3) is 1.95. The molecule has 0 spiro atoms. The highest BCUT2D eigenvalue weighted by molar-refractivity contribution is 5.81. The van der Waals surface area contributed by atoms with Crippen LogP contribution in [0, 0.1) is 11.8 Å². The van der Waals surface area contributed by atoms with Crippen molar-refractivity contribution in [2.24, 2.45) is 11.8 Å². The van der Waals surface area contributed by atoms with Gasteiger partial charge >= 0.3 is 0 Å². The number of piperidine rings is 1. The van der Waals surface area contributed by atoms with Crippen molar-refractivity contribution in [3.63, 3.8) is 0 Å². The molecule has 2 heterocycles. The number of rotatable bonds is 1. The lowest BCUT2D eigenvalue weighted by Gasteiger charge is -2.46. The summed E-state index contributed by atoms with van der Waals surface area (Å²) in [6, 6.07) is 1.96. The van der Waals surface area contributed by atoms with E-state index < -0.39 is 0 Å². The van der Waals surface area contributed by atoms with Gasteiger partial charge in [-0.25, -0.2) is 0 Å². The van der Waals surface area contributed by atoms with Gasteiger partial charge in [-0.2, -0.15) is 0 Å². The predicted molar refractivity (Wildman–Crippen MR) is 68.9 cm³/mol. The van der Waals surface area contributed by atoms with Crippen molar-refractivity contribution >= 4 is 5.78 Å². The number of Topliss-reactive ketones (excluding diaryl/α,β-unsaturated/α-hetero) is 1. The zero-order valence-corrected chi connectivity index (χ0v) is 11.2. The van der Waals surface area contributed by atoms with E-state index in [1.807, 2.05) is 0 Å². The summed E-state index contributed by atoms with van der Waals surface area (Å²) < 4.78 is 0. The van der Waals surface area contributed by atoms with Crippen LogP contribution in [0.4, 0.5) is 0 Å². The Morgan fingerprint density at radius 2 is 1.65 bits per heavy atom. The van der Waals surface area contributed by atoms with Crippen LogP contribution < -0.4 is 0 Å². The van der Waals surface area contributed by atoms with E-state index in [1.165, 1.54) is 32.1 Å². The monoisotopic (exact) mass is 235 g/mol. The van der Waals surface area contributed by atoms with Gasteiger partial charge in [-0.1, -0.05) is 26.7 Å². The molecule has 3 fully saturated rings. The molecule has 0 radical (unpaired) electrons. The van der Waals surface area contributed by atoms with Gasteiger partial charge in [0.2, 0.25) is 0 Å². The van der Waals surface area contributed by atoms with Crippen LogP contribution in [0.1, 0.15) is 58.8 Å². The maximum Gasteiger partial charge on any atom is 0.136 e. The largest absolute Gasteiger partial charge is 0.300 e. The average molecular weight is 235 g/mol. The maximum absolute atomic E-state index is 11.7. The van der Waals surface area contributed by atoms with Gasteiger partial charge in [-0.15, -0.1) is 0 Å². The van der Waals surface area contributed by atoms with Gasteiger partial charge in [-0.3, -0.25) is 9.69 Å². The van der Waals surface area contributed by atoms with Crippen molar-refractivity contribution in [3.8, 4) is 0 Å². The minimum absolute atomic E-state index is 0.519. The summed E-state index contributed by atoms with van der Waals surface area (Å²) in [5.41, 5.74) is 0. The number of fused-ring (bicyclic) bond motifs is 2. The summed E-state index contributed by atoms with van der Waals surface area (Å²) in [7, 11) is 0. The van der Waals surface area contributed by atoms with Crippen LogP contribution in [0.15, 0.2) is 0 Å². The Morgan fingerprint density at radius 1 is 1.00 bits per heavy atom. The topological polar surface area (TPSA) is 20.3 Å². The lowest BCUT2D eigenvalue weighted by molar-refractivity contribution is -0.125. The van der Waals surface area contributed by atoms with Crippen LogP contribution in [0.2, 0.25) is 0 Å². The van der Waals surface area contributed by atoms with E-state index in [0.29, 0.717) is 17.9 Å². The van der Waals surface area contributed by atoms with Crippen LogP contribution in [0.3, 0.4) is 0 Å². The molecule has 96 valence electrons. The fraction of sp³-hybridized carbons (Fsp3) is 0.933. The van der Waals surface area contributed by atoms with Gasteiger partial charge < -0.3 is 0 Å². The Bertz CT molecular complexity index is 298. The van der Waals surface area contributed by atoms with E-state index in [0.717, 1.165) is 30.7 Å². The Labute approximate surface area is 105 Å². The van der Waals surface area contributed by atoms with Crippen molar-refractivity contribution in [2.45, 2.75) is 76.9 Å². The first-order valence-corrected chi connectivity index (χ1v) is 7.46. The number of hydrogen-bond acceptors (Lipinski definition) is 2. The molecule has 2 heteroatoms. The van der Waals surface area contributed by atoms with Crippen LogP contribution in [-0.4, -0.2) is 28.8 Å². The van der Waals surface area contributed by atoms with Gasteiger partial charge in [0.1, 0.15) is 5.78 Å². The summed E-state index contributed by atoms with van der Waals surface area (Å²) in [5.74, 6) is 2.20. The van der Waals surface area contributed by atoms with Crippen molar-refractivity contribution in [1.29, 1.82) is 0 Å². The Balaban J connectivity index is 1.78. The number of nitrogens with zero attached hydrogens (tertiary/aromatic N) is 1. The van der Waals surface area contributed by atoms with E-state index in [2.05, 4.69) is 18.7 Å². The highest BCUT2D eigenvalue weighted by atomic mass is 16.1. The zero-order valence-electron chi connectivity index (χ0n) is 11.2. The van der Waals surface area contributed by atoms with Gasteiger partial charge in [-0.05, 0) is 31.1 Å². The van der Waals surface area contributed by atoms with Crippen LogP contribution in [-0.2, 0) is 4.79 Å². The molecule has 2 saturated heterocycles. The minimum Gasteiger partial charge on any atom is -0.300 e. The molecule has 2 aliphatic heterocycles. The summed E-state index contributed by atoms with van der Waals surface area (Å²) in [4.78, 5) is 14.4. The molecule has 2 nitrogen and oxygen atoms in total. The molecule has 0 aromatic heterocycles. The van der Waals surface area contributed by atoms with Gasteiger partial charge in [0.25, 0.3) is 0 Å². The highest BCUT2D eigenvalue weighted by Gasteiger charge is 2.45. The van der Waals surface area contributed by atoms with E-state index in [9.17, 15) is 4.79 Å². The smallest absolute Gasteiger partial charge is 0.136 e. The molecule has 0 aromatic rings. The molecule has 0 N–H and O–H groups in total. The fourth-order valence-corrected chi connectivity index (χ4v) is 4.52. The van der Waals surface area contributed by atoms with Gasteiger partial charge in [0, 0.05) is 31.0 Å². The lowest BCUT2D eigenvalue weighted by Crippen LogP contribution is -2.53. The van der Waals surface area contributed by atoms with Crippen molar-refractivity contribution in [3.05, 3.63) is 0 Å². The van der Waals surface area contributed by atoms with E-state index >= 15 is 0 Å². The summed E-state index contributed by atoms with van der Waals surface area (Å²) >= 11 is 0. The van der Waals surface area contributed by atoms with E-state index in [-0.39, 0.29) is 0 Å². The highest BCUT2D eigenvalue weighted by Crippen LogP contribution is 2.42. The molecule has 5 unspecified atom stereocenters. The molecule has 0 amide bonds. The molecule has 1 aliphatic carbocycles. The third-order valence-corrected chi connectivity index (χ3v) is 5.65. The second-order valence-corrected chi connectivity index (χ2v) is 6.61. The Hall–Kier alpha value is -0.370. The minimum atomic E-state index is 0.519.